The molecule has 13 rings (SSSR count). The summed E-state index contributed by atoms with van der Waals surface area (Å²) in [5.41, 5.74) is 19.4. The van der Waals surface area contributed by atoms with E-state index in [-0.39, 0.29) is 11.5 Å². The number of benzene rings is 9. The highest BCUT2D eigenvalue weighted by Gasteiger charge is 2.40. The van der Waals surface area contributed by atoms with Crippen LogP contribution in [0.4, 0.5) is 22.7 Å². The monoisotopic (exact) mass is 886 g/mol. The van der Waals surface area contributed by atoms with E-state index >= 15 is 0 Å². The Labute approximate surface area is 406 Å². The van der Waals surface area contributed by atoms with Gasteiger partial charge in [0, 0.05) is 33.9 Å². The maximum atomic E-state index is 2.64. The lowest BCUT2D eigenvalue weighted by molar-refractivity contribution is 0.644. The second-order valence-electron chi connectivity index (χ2n) is 19.8. The van der Waals surface area contributed by atoms with E-state index in [1.165, 1.54) is 99.4 Å². The van der Waals surface area contributed by atoms with Crippen molar-refractivity contribution in [3.8, 4) is 22.3 Å². The van der Waals surface area contributed by atoms with Crippen LogP contribution in [0.2, 0.25) is 0 Å². The molecule has 4 aliphatic carbocycles. The SMILES string of the molecule is CC1(C)C2=C(CCC(N(c3ccc4ccccc4c3)C3C=CC=CC3)=C2)c2cc3c(-c4ccccc4)c4cc(N(c5ccccc5)c5ccc6c(c5)C=CCC6)ccc4c(-c4ccccc4)c3cc21. The van der Waals surface area contributed by atoms with Gasteiger partial charge in [-0.15, -0.1) is 0 Å². The Bertz CT molecular complexity index is 3660. The Morgan fingerprint density at radius 2 is 1.17 bits per heavy atom. The van der Waals surface area contributed by atoms with Gasteiger partial charge >= 0.3 is 0 Å². The van der Waals surface area contributed by atoms with Gasteiger partial charge in [-0.25, -0.2) is 0 Å². The van der Waals surface area contributed by atoms with Crippen molar-refractivity contribution < 1.29 is 0 Å². The number of allylic oxidation sites excluding steroid dienone is 7. The minimum Gasteiger partial charge on any atom is -0.338 e. The van der Waals surface area contributed by atoms with Gasteiger partial charge < -0.3 is 9.80 Å². The van der Waals surface area contributed by atoms with Gasteiger partial charge in [0.2, 0.25) is 0 Å². The zero-order chi connectivity index (χ0) is 46.1. The molecule has 0 bridgehead atoms. The van der Waals surface area contributed by atoms with Crippen LogP contribution in [0.1, 0.15) is 61.8 Å². The number of para-hydroxylation sites is 1. The van der Waals surface area contributed by atoms with Gasteiger partial charge in [0.05, 0.1) is 6.04 Å². The molecule has 2 nitrogen and oxygen atoms in total. The smallest absolute Gasteiger partial charge is 0.0556 e. The summed E-state index contributed by atoms with van der Waals surface area (Å²) in [4.78, 5) is 5.08. The number of hydrogen-bond acceptors (Lipinski definition) is 2. The summed E-state index contributed by atoms with van der Waals surface area (Å²) in [7, 11) is 0. The van der Waals surface area contributed by atoms with Crippen molar-refractivity contribution in [2.24, 2.45) is 0 Å². The lowest BCUT2D eigenvalue weighted by Gasteiger charge is -2.37. The Kier molecular flexibility index (Phi) is 9.98. The van der Waals surface area contributed by atoms with Crippen LogP contribution in [-0.4, -0.2) is 6.04 Å². The number of nitrogens with zero attached hydrogens (tertiary/aromatic N) is 2. The van der Waals surface area contributed by atoms with Crippen LogP contribution >= 0.6 is 0 Å². The number of anilines is 4. The maximum absolute atomic E-state index is 2.64. The predicted octanol–water partition coefficient (Wildman–Crippen LogP) is 18.0. The Hall–Kier alpha value is -7.94. The topological polar surface area (TPSA) is 6.48 Å². The second-order valence-corrected chi connectivity index (χ2v) is 19.8. The maximum Gasteiger partial charge on any atom is 0.0556 e. The normalized spacial score (nSPS) is 16.7. The Morgan fingerprint density at radius 1 is 0.507 bits per heavy atom. The zero-order valence-electron chi connectivity index (χ0n) is 39.4. The average Bonchev–Trinajstić information content (AvgIpc) is 3.62. The summed E-state index contributed by atoms with van der Waals surface area (Å²) in [6, 6.07) is 68.6. The lowest BCUT2D eigenvalue weighted by Crippen LogP contribution is -2.34. The third kappa shape index (κ3) is 7.00. The Morgan fingerprint density at radius 3 is 1.94 bits per heavy atom. The van der Waals surface area contributed by atoms with E-state index in [0.717, 1.165) is 49.2 Å². The van der Waals surface area contributed by atoms with Crippen molar-refractivity contribution in [2.75, 3.05) is 9.80 Å². The lowest BCUT2D eigenvalue weighted by atomic mass is 9.78. The molecule has 0 aliphatic heterocycles. The van der Waals surface area contributed by atoms with Gasteiger partial charge in [-0.05, 0) is 187 Å². The first-order valence-corrected chi connectivity index (χ1v) is 24.9. The highest BCUT2D eigenvalue weighted by atomic mass is 15.2. The van der Waals surface area contributed by atoms with Crippen molar-refractivity contribution >= 4 is 66.7 Å². The highest BCUT2D eigenvalue weighted by molar-refractivity contribution is 6.23. The predicted molar refractivity (Wildman–Crippen MR) is 295 cm³/mol. The summed E-state index contributed by atoms with van der Waals surface area (Å²) >= 11 is 0. The second kappa shape index (κ2) is 16.7. The molecule has 0 radical (unpaired) electrons. The highest BCUT2D eigenvalue weighted by Crippen LogP contribution is 2.55. The number of aryl methyl sites for hydroxylation is 1. The van der Waals surface area contributed by atoms with Crippen molar-refractivity contribution in [3.05, 3.63) is 252 Å². The molecule has 1 unspecified atom stereocenters. The van der Waals surface area contributed by atoms with Gasteiger partial charge in [0.1, 0.15) is 0 Å². The van der Waals surface area contributed by atoms with E-state index in [1.807, 2.05) is 0 Å². The molecule has 0 aromatic heterocycles. The molecule has 0 N–H and O–H groups in total. The van der Waals surface area contributed by atoms with Crippen molar-refractivity contribution in [1.29, 1.82) is 0 Å². The fourth-order valence-corrected chi connectivity index (χ4v) is 12.1. The van der Waals surface area contributed by atoms with E-state index in [2.05, 4.69) is 248 Å². The summed E-state index contributed by atoms with van der Waals surface area (Å²) in [5.74, 6) is 0. The number of rotatable bonds is 8. The summed E-state index contributed by atoms with van der Waals surface area (Å²) < 4.78 is 0. The molecule has 0 amide bonds. The van der Waals surface area contributed by atoms with Gasteiger partial charge in [0.15, 0.2) is 0 Å². The van der Waals surface area contributed by atoms with Crippen LogP contribution in [0.5, 0.6) is 0 Å². The molecule has 4 aliphatic rings. The van der Waals surface area contributed by atoms with E-state index in [0.29, 0.717) is 0 Å². The van der Waals surface area contributed by atoms with Gasteiger partial charge in [-0.3, -0.25) is 0 Å². The summed E-state index contributed by atoms with van der Waals surface area (Å²) in [6.07, 6.45) is 21.4. The van der Waals surface area contributed by atoms with E-state index in [1.54, 1.807) is 0 Å². The third-order valence-corrected chi connectivity index (χ3v) is 15.5. The van der Waals surface area contributed by atoms with Crippen molar-refractivity contribution in [1.82, 2.24) is 0 Å². The van der Waals surface area contributed by atoms with E-state index in [9.17, 15) is 0 Å². The standard InChI is InChI=1S/C67H54N2/c1-67(2)63-42-56(69(52-29-13-6-14-30-52)54-34-32-46-20-16-18-26-50(46)40-54)35-37-57(63)59-43-61-62(44-64(59)67)65(47-21-7-3-8-22-47)58-38-36-55(41-60(58)66(61)48-23-9-4-10-24-48)68(51-27-11-5-12-28-51)53-33-31-45-19-15-17-25-49(45)39-53/h3-14,16-18,20-29,31-34,36,38-44,52H,15,19,30,35,37H2,1-2H3. The molecular formula is C67H54N2. The molecule has 332 valence electrons. The van der Waals surface area contributed by atoms with Crippen LogP contribution in [0.3, 0.4) is 0 Å². The third-order valence-electron chi connectivity index (χ3n) is 15.5. The number of hydrogen-bond donors (Lipinski definition) is 0. The molecule has 0 saturated carbocycles. The van der Waals surface area contributed by atoms with Crippen molar-refractivity contribution in [2.45, 2.75) is 57.4 Å². The van der Waals surface area contributed by atoms with Crippen LogP contribution in [0.25, 0.3) is 66.2 Å². The minimum atomic E-state index is -0.207. The summed E-state index contributed by atoms with van der Waals surface area (Å²) in [6.45, 7) is 4.93. The van der Waals surface area contributed by atoms with Crippen LogP contribution in [0, 0.1) is 0 Å². The number of fused-ring (bicyclic) bond motifs is 6. The molecule has 0 saturated heterocycles. The first-order valence-electron chi connectivity index (χ1n) is 24.9. The van der Waals surface area contributed by atoms with Crippen LogP contribution in [0.15, 0.2) is 230 Å². The quantitative estimate of drug-likeness (QED) is 0.140. The van der Waals surface area contributed by atoms with Gasteiger partial charge in [0.25, 0.3) is 0 Å². The van der Waals surface area contributed by atoms with E-state index < -0.39 is 0 Å². The fourth-order valence-electron chi connectivity index (χ4n) is 12.1. The van der Waals surface area contributed by atoms with Crippen molar-refractivity contribution in [3.63, 3.8) is 0 Å². The van der Waals surface area contributed by atoms with E-state index in [4.69, 9.17) is 0 Å². The average molecular weight is 887 g/mol. The van der Waals surface area contributed by atoms with Gasteiger partial charge in [-0.1, -0.05) is 172 Å². The molecule has 69 heavy (non-hydrogen) atoms. The fraction of sp³-hybridized carbons (Fsp3) is 0.134. The first-order chi connectivity index (χ1) is 34.0. The molecule has 0 spiro atoms. The molecule has 2 heteroatoms. The zero-order valence-corrected chi connectivity index (χ0v) is 39.4. The molecular weight excluding hydrogens is 833 g/mol. The van der Waals surface area contributed by atoms with Gasteiger partial charge in [-0.2, -0.15) is 0 Å². The molecule has 9 aromatic carbocycles. The molecule has 9 aromatic rings. The largest absolute Gasteiger partial charge is 0.338 e. The molecule has 0 fully saturated rings. The first kappa shape index (κ1) is 41.3. The van der Waals surface area contributed by atoms with Crippen LogP contribution in [-0.2, 0) is 11.8 Å². The molecule has 0 heterocycles. The summed E-state index contributed by atoms with van der Waals surface area (Å²) in [5, 5.41) is 7.66. The Balaban J connectivity index is 1.04. The molecule has 1 atom stereocenters. The van der Waals surface area contributed by atoms with Crippen LogP contribution < -0.4 is 9.80 Å². The minimum absolute atomic E-state index is 0.207.